The van der Waals surface area contributed by atoms with Crippen LogP contribution in [0.5, 0.6) is 0 Å². The molecule has 210 valence electrons. The molecule has 1 saturated carbocycles. The molecule has 2 atom stereocenters. The van der Waals surface area contributed by atoms with E-state index >= 15 is 0 Å². The predicted octanol–water partition coefficient (Wildman–Crippen LogP) is 10.1. The van der Waals surface area contributed by atoms with E-state index in [1.807, 2.05) is 6.92 Å². The van der Waals surface area contributed by atoms with Gasteiger partial charge >= 0.3 is 0 Å². The molecule has 0 saturated heterocycles. The molecular formula is C35H55N3. The molecule has 1 aromatic rings. The van der Waals surface area contributed by atoms with Crippen molar-refractivity contribution in [2.45, 2.75) is 135 Å². The van der Waals surface area contributed by atoms with Gasteiger partial charge in [0.2, 0.25) is 0 Å². The van der Waals surface area contributed by atoms with E-state index in [-0.39, 0.29) is 0 Å². The molecular weight excluding hydrogens is 462 g/mol. The lowest BCUT2D eigenvalue weighted by atomic mass is 9.79. The minimum absolute atomic E-state index is 0.367. The molecule has 0 radical (unpaired) electrons. The highest BCUT2D eigenvalue weighted by Crippen LogP contribution is 2.44. The number of unbranched alkanes of at least 4 members (excludes halogenated alkanes) is 4. The third-order valence-electron chi connectivity index (χ3n) is 8.76. The van der Waals surface area contributed by atoms with E-state index in [0.29, 0.717) is 11.8 Å². The maximum absolute atomic E-state index is 6.45. The average molecular weight is 518 g/mol. The van der Waals surface area contributed by atoms with E-state index in [4.69, 9.17) is 15.7 Å². The van der Waals surface area contributed by atoms with Crippen molar-refractivity contribution in [3.05, 3.63) is 60.2 Å². The van der Waals surface area contributed by atoms with Crippen LogP contribution in [-0.4, -0.2) is 11.5 Å². The summed E-state index contributed by atoms with van der Waals surface area (Å²) in [5.41, 5.74) is 7.89. The van der Waals surface area contributed by atoms with E-state index < -0.39 is 5.66 Å². The Labute approximate surface area is 234 Å². The molecule has 1 aliphatic heterocycles. The molecule has 1 fully saturated rings. The number of nitrogens with zero attached hydrogens (tertiary/aromatic N) is 2. The molecule has 2 aliphatic rings. The molecule has 0 bridgehead atoms. The van der Waals surface area contributed by atoms with Gasteiger partial charge in [-0.15, -0.1) is 0 Å². The van der Waals surface area contributed by atoms with Gasteiger partial charge in [0.05, 0.1) is 5.71 Å². The number of hydrogen-bond donors (Lipinski definition) is 1. The van der Waals surface area contributed by atoms with Gasteiger partial charge in [-0.3, -0.25) is 4.99 Å². The molecule has 3 heteroatoms. The Morgan fingerprint density at radius 3 is 1.87 bits per heavy atom. The first-order valence-corrected chi connectivity index (χ1v) is 16.0. The van der Waals surface area contributed by atoms with Crippen molar-refractivity contribution in [2.24, 2.45) is 27.6 Å². The molecule has 0 spiro atoms. The lowest BCUT2D eigenvalue weighted by Crippen LogP contribution is -2.31. The summed E-state index contributed by atoms with van der Waals surface area (Å²) < 4.78 is 0. The first-order chi connectivity index (χ1) is 18.7. The van der Waals surface area contributed by atoms with Gasteiger partial charge in [-0.05, 0) is 25.7 Å². The monoisotopic (exact) mass is 517 g/mol. The first-order valence-electron chi connectivity index (χ1n) is 16.0. The van der Waals surface area contributed by atoms with Crippen LogP contribution in [0.4, 0.5) is 0 Å². The fraction of sp³-hybridized carbons (Fsp3) is 0.657. The quantitative estimate of drug-likeness (QED) is 0.275. The van der Waals surface area contributed by atoms with Crippen LogP contribution in [0.1, 0.15) is 135 Å². The summed E-state index contributed by atoms with van der Waals surface area (Å²) in [7, 11) is 0. The fourth-order valence-electron chi connectivity index (χ4n) is 6.47. The zero-order chi connectivity index (χ0) is 26.9. The van der Waals surface area contributed by atoms with Crippen LogP contribution in [0.2, 0.25) is 0 Å². The number of nitrogens with two attached hydrogens (primary N) is 1. The van der Waals surface area contributed by atoms with Gasteiger partial charge in [0.25, 0.3) is 0 Å². The summed E-state index contributed by atoms with van der Waals surface area (Å²) >= 11 is 0. The van der Waals surface area contributed by atoms with Gasteiger partial charge in [0, 0.05) is 11.5 Å². The maximum Gasteiger partial charge on any atom is 0.181 e. The van der Waals surface area contributed by atoms with Gasteiger partial charge in [-0.2, -0.15) is 0 Å². The molecule has 2 N–H and O–H groups in total. The summed E-state index contributed by atoms with van der Waals surface area (Å²) in [5, 5.41) is 0. The first kappa shape index (κ1) is 30.4. The van der Waals surface area contributed by atoms with Crippen LogP contribution < -0.4 is 5.73 Å². The Bertz CT molecular complexity index is 864. The van der Waals surface area contributed by atoms with Crippen molar-refractivity contribution in [3.8, 4) is 0 Å². The fourth-order valence-corrected chi connectivity index (χ4v) is 6.47. The second-order valence-electron chi connectivity index (χ2n) is 11.8. The predicted molar refractivity (Wildman–Crippen MR) is 166 cm³/mol. The summed E-state index contributed by atoms with van der Waals surface area (Å²) in [4.78, 5) is 10.5. The number of rotatable bonds is 12. The SMILES string of the molecule is CCCCCCCC(CCCC1CCCCCCCCC1)C1(c2ccccccccc2)N=C(C)C(N)=N1. The molecule has 0 amide bonds. The second-order valence-corrected chi connectivity index (χ2v) is 11.8. The number of aliphatic imine (C=N–C) groups is 2. The number of hydrogen-bond acceptors (Lipinski definition) is 3. The van der Waals surface area contributed by atoms with E-state index in [1.165, 1.54) is 109 Å². The van der Waals surface area contributed by atoms with Crippen LogP contribution in [-0.2, 0) is 5.66 Å². The van der Waals surface area contributed by atoms with Crippen molar-refractivity contribution >= 4 is 11.5 Å². The lowest BCUT2D eigenvalue weighted by molar-refractivity contribution is 0.237. The molecule has 2 unspecified atom stereocenters. The Morgan fingerprint density at radius 2 is 1.29 bits per heavy atom. The van der Waals surface area contributed by atoms with Crippen molar-refractivity contribution in [2.75, 3.05) is 0 Å². The standard InChI is InChI=1S/C35H55N3/c1-3-4-5-12-19-28-33(29-22-25-31-23-17-13-8-6-9-14-18-24-31)35(37-30(2)34(36)38-35)32-26-20-15-10-7-11-16-21-27-32/h7,10-11,15-16,20-21,26-27,31,33H,3-6,8-9,12-14,17-19,22-25,28-29H2,1-2H3,(H2,36,38). The molecule has 1 heterocycles. The van der Waals surface area contributed by atoms with Crippen molar-refractivity contribution < 1.29 is 0 Å². The largest absolute Gasteiger partial charge is 0.382 e. The van der Waals surface area contributed by atoms with Crippen molar-refractivity contribution in [1.82, 2.24) is 0 Å². The van der Waals surface area contributed by atoms with Crippen molar-refractivity contribution in [1.29, 1.82) is 0 Å². The van der Waals surface area contributed by atoms with Gasteiger partial charge in [0.1, 0.15) is 5.84 Å². The summed E-state index contributed by atoms with van der Waals surface area (Å²) in [6.45, 7) is 4.32. The third-order valence-corrected chi connectivity index (χ3v) is 8.76. The highest BCUT2D eigenvalue weighted by Gasteiger charge is 2.42. The van der Waals surface area contributed by atoms with E-state index in [0.717, 1.165) is 23.6 Å². The Balaban J connectivity index is 1.83. The molecule has 3 nitrogen and oxygen atoms in total. The van der Waals surface area contributed by atoms with Gasteiger partial charge in [-0.25, -0.2) is 4.99 Å². The second kappa shape index (κ2) is 17.4. The summed E-state index contributed by atoms with van der Waals surface area (Å²) in [6.07, 6.45) is 24.3. The van der Waals surface area contributed by atoms with Crippen molar-refractivity contribution in [3.63, 3.8) is 0 Å². The van der Waals surface area contributed by atoms with Crippen LogP contribution in [0.3, 0.4) is 0 Å². The van der Waals surface area contributed by atoms with Crippen LogP contribution in [0, 0.1) is 11.8 Å². The maximum atomic E-state index is 6.45. The molecule has 3 rings (SSSR count). The Kier molecular flexibility index (Phi) is 13.9. The zero-order valence-corrected chi connectivity index (χ0v) is 24.6. The Morgan fingerprint density at radius 1 is 0.737 bits per heavy atom. The molecule has 38 heavy (non-hydrogen) atoms. The van der Waals surface area contributed by atoms with Crippen LogP contribution in [0.15, 0.2) is 64.6 Å². The normalized spacial score (nSPS) is 21.7. The smallest absolute Gasteiger partial charge is 0.181 e. The van der Waals surface area contributed by atoms with Gasteiger partial charge < -0.3 is 5.73 Å². The highest BCUT2D eigenvalue weighted by molar-refractivity contribution is 6.41. The minimum atomic E-state index is -0.604. The van der Waals surface area contributed by atoms with Crippen LogP contribution >= 0.6 is 0 Å². The van der Waals surface area contributed by atoms with Crippen LogP contribution in [0.25, 0.3) is 0 Å². The average Bonchev–Trinajstić information content (AvgIpc) is 3.23. The topological polar surface area (TPSA) is 50.7 Å². The highest BCUT2D eigenvalue weighted by atomic mass is 15.2. The summed E-state index contributed by atoms with van der Waals surface area (Å²) in [6, 6.07) is 19.1. The van der Waals surface area contributed by atoms with E-state index in [9.17, 15) is 0 Å². The molecule has 1 aliphatic carbocycles. The van der Waals surface area contributed by atoms with E-state index in [1.54, 1.807) is 0 Å². The number of amidine groups is 1. The third kappa shape index (κ3) is 9.86. The minimum Gasteiger partial charge on any atom is -0.382 e. The zero-order valence-electron chi connectivity index (χ0n) is 24.6. The van der Waals surface area contributed by atoms with Gasteiger partial charge in [0.15, 0.2) is 5.66 Å². The Hall–Kier alpha value is -2.16. The van der Waals surface area contributed by atoms with Gasteiger partial charge in [-0.1, -0.05) is 164 Å². The summed E-state index contributed by atoms with van der Waals surface area (Å²) in [5.74, 6) is 1.87. The molecule has 1 aromatic carbocycles. The lowest BCUT2D eigenvalue weighted by Gasteiger charge is -2.33. The van der Waals surface area contributed by atoms with E-state index in [2.05, 4.69) is 61.5 Å². The molecule has 0 aromatic heterocycles.